The third kappa shape index (κ3) is 1.70. The van der Waals surface area contributed by atoms with Gasteiger partial charge in [-0.15, -0.1) is 0 Å². The van der Waals surface area contributed by atoms with E-state index < -0.39 is 4.92 Å². The van der Waals surface area contributed by atoms with E-state index in [-0.39, 0.29) is 5.69 Å². The van der Waals surface area contributed by atoms with Gasteiger partial charge in [0.2, 0.25) is 0 Å². The first-order valence-corrected chi connectivity index (χ1v) is 5.09. The molecular weight excluding hydrogens is 260 g/mol. The quantitative estimate of drug-likeness (QED) is 0.588. The molecule has 0 aliphatic heterocycles. The molecule has 1 aromatic carbocycles. The van der Waals surface area contributed by atoms with Crippen LogP contribution in [0.1, 0.15) is 5.69 Å². The Balaban J connectivity index is 2.88. The molecule has 0 saturated heterocycles. The molecule has 1 aromatic heterocycles. The van der Waals surface area contributed by atoms with E-state index in [0.29, 0.717) is 10.9 Å². The normalized spacial score (nSPS) is 10.5. The van der Waals surface area contributed by atoms with Crippen LogP contribution >= 0.6 is 15.9 Å². The highest BCUT2D eigenvalue weighted by atomic mass is 79.9. The molecule has 5 heteroatoms. The van der Waals surface area contributed by atoms with E-state index >= 15 is 0 Å². The third-order valence-corrected chi connectivity index (χ3v) is 2.76. The first kappa shape index (κ1) is 10.0. The van der Waals surface area contributed by atoms with Crippen molar-refractivity contribution in [1.29, 1.82) is 0 Å². The largest absolute Gasteiger partial charge is 0.278 e. The highest BCUT2D eigenvalue weighted by molar-refractivity contribution is 9.10. The second kappa shape index (κ2) is 3.58. The second-order valence-corrected chi connectivity index (χ2v) is 4.03. The molecule has 1 heterocycles. The van der Waals surface area contributed by atoms with Crippen molar-refractivity contribution >= 4 is 32.5 Å². The molecule has 0 unspecified atom stereocenters. The summed E-state index contributed by atoms with van der Waals surface area (Å²) >= 11 is 3.33. The van der Waals surface area contributed by atoms with E-state index in [2.05, 4.69) is 20.9 Å². The number of hydrogen-bond donors (Lipinski definition) is 0. The minimum Gasteiger partial charge on any atom is -0.258 e. The van der Waals surface area contributed by atoms with Gasteiger partial charge in [-0.2, -0.15) is 0 Å². The van der Waals surface area contributed by atoms with Crippen molar-refractivity contribution in [3.63, 3.8) is 0 Å². The van der Waals surface area contributed by atoms with Crippen LogP contribution in [0.4, 0.5) is 5.69 Å². The summed E-state index contributed by atoms with van der Waals surface area (Å²) in [6.07, 6.45) is 0. The highest BCUT2D eigenvalue weighted by Gasteiger charge is 2.13. The van der Waals surface area contributed by atoms with Gasteiger partial charge >= 0.3 is 0 Å². The van der Waals surface area contributed by atoms with Crippen LogP contribution in [0.3, 0.4) is 0 Å². The summed E-state index contributed by atoms with van der Waals surface area (Å²) in [5.41, 5.74) is 1.55. The number of aromatic nitrogens is 1. The number of pyridine rings is 1. The Morgan fingerprint density at radius 3 is 2.73 bits per heavy atom. The van der Waals surface area contributed by atoms with Gasteiger partial charge in [0, 0.05) is 16.2 Å². The maximum Gasteiger partial charge on any atom is 0.278 e. The lowest BCUT2D eigenvalue weighted by Gasteiger charge is -2.02. The zero-order chi connectivity index (χ0) is 11.0. The molecule has 0 spiro atoms. The number of hydrogen-bond acceptors (Lipinski definition) is 3. The SMILES string of the molecule is Cc1ccc2c([N+](=O)[O-])ccc(Br)c2n1. The fourth-order valence-electron chi connectivity index (χ4n) is 1.43. The summed E-state index contributed by atoms with van der Waals surface area (Å²) in [5.74, 6) is 0. The van der Waals surface area contributed by atoms with Crippen LogP contribution in [0.5, 0.6) is 0 Å². The molecule has 0 atom stereocenters. The van der Waals surface area contributed by atoms with Gasteiger partial charge in [-0.1, -0.05) is 0 Å². The van der Waals surface area contributed by atoms with E-state index in [1.54, 1.807) is 18.2 Å². The van der Waals surface area contributed by atoms with Crippen molar-refractivity contribution in [3.05, 3.63) is 44.5 Å². The van der Waals surface area contributed by atoms with Crippen LogP contribution in [-0.2, 0) is 0 Å². The van der Waals surface area contributed by atoms with Crippen LogP contribution in [0.2, 0.25) is 0 Å². The lowest BCUT2D eigenvalue weighted by atomic mass is 10.1. The predicted octanol–water partition coefficient (Wildman–Crippen LogP) is 3.21. The van der Waals surface area contributed by atoms with Crippen LogP contribution in [0.15, 0.2) is 28.7 Å². The molecule has 0 aliphatic rings. The smallest absolute Gasteiger partial charge is 0.258 e. The lowest BCUT2D eigenvalue weighted by Crippen LogP contribution is -1.92. The Hall–Kier alpha value is -1.49. The Labute approximate surface area is 94.2 Å². The maximum atomic E-state index is 10.8. The summed E-state index contributed by atoms with van der Waals surface area (Å²) in [4.78, 5) is 14.6. The Kier molecular flexibility index (Phi) is 2.40. The fourth-order valence-corrected chi connectivity index (χ4v) is 1.86. The predicted molar refractivity (Wildman–Crippen MR) is 60.8 cm³/mol. The van der Waals surface area contributed by atoms with Crippen LogP contribution in [-0.4, -0.2) is 9.91 Å². The Bertz CT molecular complexity index is 554. The van der Waals surface area contributed by atoms with Crippen LogP contribution in [0.25, 0.3) is 10.9 Å². The second-order valence-electron chi connectivity index (χ2n) is 3.17. The first-order chi connectivity index (χ1) is 7.09. The molecule has 0 amide bonds. The van der Waals surface area contributed by atoms with E-state index in [1.807, 2.05) is 6.92 Å². The number of benzene rings is 1. The van der Waals surface area contributed by atoms with Crippen LogP contribution < -0.4 is 0 Å². The lowest BCUT2D eigenvalue weighted by molar-refractivity contribution is -0.383. The third-order valence-electron chi connectivity index (χ3n) is 2.12. The maximum absolute atomic E-state index is 10.8. The van der Waals surface area contributed by atoms with Gasteiger partial charge in [0.25, 0.3) is 5.69 Å². The number of halogens is 1. The van der Waals surface area contributed by atoms with Gasteiger partial charge in [0.15, 0.2) is 0 Å². The molecule has 0 N–H and O–H groups in total. The molecule has 0 fully saturated rings. The monoisotopic (exact) mass is 266 g/mol. The number of nitro benzene ring substituents is 1. The molecule has 0 radical (unpaired) electrons. The first-order valence-electron chi connectivity index (χ1n) is 4.30. The average Bonchev–Trinajstić information content (AvgIpc) is 2.19. The summed E-state index contributed by atoms with van der Waals surface area (Å²) < 4.78 is 0.770. The fraction of sp³-hybridized carbons (Fsp3) is 0.100. The number of non-ortho nitro benzene ring substituents is 1. The number of fused-ring (bicyclic) bond motifs is 1. The van der Waals surface area contributed by atoms with Gasteiger partial charge in [-0.05, 0) is 41.1 Å². The standard InChI is InChI=1S/C10H7BrN2O2/c1-6-2-3-7-9(13(14)15)5-4-8(11)10(7)12-6/h2-5H,1H3. The minimum atomic E-state index is -0.397. The summed E-state index contributed by atoms with van der Waals surface area (Å²) in [7, 11) is 0. The van der Waals surface area contributed by atoms with E-state index in [1.165, 1.54) is 6.07 Å². The van der Waals surface area contributed by atoms with Gasteiger partial charge in [0.1, 0.15) is 0 Å². The highest BCUT2D eigenvalue weighted by Crippen LogP contribution is 2.30. The van der Waals surface area contributed by atoms with E-state index in [0.717, 1.165) is 10.2 Å². The van der Waals surface area contributed by atoms with Crippen molar-refractivity contribution in [3.8, 4) is 0 Å². The number of nitro groups is 1. The Morgan fingerprint density at radius 1 is 1.33 bits per heavy atom. The zero-order valence-corrected chi connectivity index (χ0v) is 9.48. The summed E-state index contributed by atoms with van der Waals surface area (Å²) in [6.45, 7) is 1.85. The molecule has 4 nitrogen and oxygen atoms in total. The number of nitrogens with zero attached hydrogens (tertiary/aromatic N) is 2. The van der Waals surface area contributed by atoms with Gasteiger partial charge in [-0.25, -0.2) is 0 Å². The average molecular weight is 267 g/mol. The van der Waals surface area contributed by atoms with Gasteiger partial charge in [0.05, 0.1) is 15.8 Å². The molecule has 0 saturated carbocycles. The topological polar surface area (TPSA) is 56.0 Å². The van der Waals surface area contributed by atoms with Crippen molar-refractivity contribution in [1.82, 2.24) is 4.98 Å². The van der Waals surface area contributed by atoms with Crippen molar-refractivity contribution in [2.75, 3.05) is 0 Å². The molecular formula is C10H7BrN2O2. The van der Waals surface area contributed by atoms with Crippen LogP contribution in [0, 0.1) is 17.0 Å². The summed E-state index contributed by atoms with van der Waals surface area (Å²) in [5, 5.41) is 11.3. The molecule has 15 heavy (non-hydrogen) atoms. The van der Waals surface area contributed by atoms with E-state index in [9.17, 15) is 10.1 Å². The van der Waals surface area contributed by atoms with Crippen molar-refractivity contribution in [2.24, 2.45) is 0 Å². The van der Waals surface area contributed by atoms with Crippen molar-refractivity contribution in [2.45, 2.75) is 6.92 Å². The van der Waals surface area contributed by atoms with E-state index in [4.69, 9.17) is 0 Å². The number of aryl methyl sites for hydroxylation is 1. The molecule has 76 valence electrons. The molecule has 0 bridgehead atoms. The molecule has 2 aromatic rings. The summed E-state index contributed by atoms with van der Waals surface area (Å²) in [6, 6.07) is 6.61. The molecule has 0 aliphatic carbocycles. The number of rotatable bonds is 1. The van der Waals surface area contributed by atoms with Crippen molar-refractivity contribution < 1.29 is 4.92 Å². The Morgan fingerprint density at radius 2 is 2.07 bits per heavy atom. The zero-order valence-electron chi connectivity index (χ0n) is 7.90. The van der Waals surface area contributed by atoms with Gasteiger partial charge < -0.3 is 0 Å². The minimum absolute atomic E-state index is 0.0840. The van der Waals surface area contributed by atoms with Gasteiger partial charge in [-0.3, -0.25) is 15.1 Å². The molecule has 2 rings (SSSR count).